The van der Waals surface area contributed by atoms with Crippen LogP contribution in [0.15, 0.2) is 52.2 Å². The van der Waals surface area contributed by atoms with Gasteiger partial charge in [-0.15, -0.1) is 0 Å². The van der Waals surface area contributed by atoms with Crippen molar-refractivity contribution in [1.82, 2.24) is 14.7 Å². The van der Waals surface area contributed by atoms with Crippen LogP contribution in [-0.2, 0) is 14.8 Å². The number of sulfonamides is 1. The van der Waals surface area contributed by atoms with E-state index < -0.39 is 22.1 Å². The zero-order chi connectivity index (χ0) is 20.5. The van der Waals surface area contributed by atoms with Crippen LogP contribution < -0.4 is 10.3 Å². The maximum absolute atomic E-state index is 12.5. The Hall–Kier alpha value is -2.75. The number of carbonyl (C=O) groups excluding carboxylic acids is 1. The van der Waals surface area contributed by atoms with Crippen molar-refractivity contribution in [3.63, 3.8) is 0 Å². The number of ether oxygens (including phenoxy) is 1. The minimum Gasteiger partial charge on any atom is -0.451 e. The summed E-state index contributed by atoms with van der Waals surface area (Å²) >= 11 is 6.03. The lowest BCUT2D eigenvalue weighted by Crippen LogP contribution is -2.20. The summed E-state index contributed by atoms with van der Waals surface area (Å²) in [5.41, 5.74) is -0.0130. The van der Waals surface area contributed by atoms with Crippen LogP contribution in [0.4, 0.5) is 0 Å². The third kappa shape index (κ3) is 3.91. The summed E-state index contributed by atoms with van der Waals surface area (Å²) in [7, 11) is -2.50. The van der Waals surface area contributed by atoms with E-state index in [0.717, 1.165) is 6.07 Å². The summed E-state index contributed by atoms with van der Waals surface area (Å²) in [4.78, 5) is 31.5. The number of hydrogen-bond acceptors (Lipinski definition) is 6. The summed E-state index contributed by atoms with van der Waals surface area (Å²) in [5.74, 6) is -0.686. The molecule has 2 N–H and O–H groups in total. The first-order valence-corrected chi connectivity index (χ1v) is 10.0. The predicted molar refractivity (Wildman–Crippen MR) is 104 cm³/mol. The zero-order valence-corrected chi connectivity index (χ0v) is 16.5. The number of halogens is 1. The lowest BCUT2D eigenvalue weighted by atomic mass is 10.2. The lowest BCUT2D eigenvalue weighted by Gasteiger charge is -2.14. The molecule has 28 heavy (non-hydrogen) atoms. The summed E-state index contributed by atoms with van der Waals surface area (Å²) in [6.07, 6.45) is -0.898. The second-order valence-corrected chi connectivity index (χ2v) is 8.16. The Morgan fingerprint density at radius 1 is 1.25 bits per heavy atom. The summed E-state index contributed by atoms with van der Waals surface area (Å²) in [6.45, 7) is 1.53. The van der Waals surface area contributed by atoms with Crippen molar-refractivity contribution in [3.05, 3.63) is 69.2 Å². The number of carbonyl (C=O) groups is 1. The van der Waals surface area contributed by atoms with Crippen molar-refractivity contribution in [2.45, 2.75) is 17.9 Å². The highest BCUT2D eigenvalue weighted by molar-refractivity contribution is 7.89. The molecular formula is C18H16ClN3O5S. The minimum atomic E-state index is -3.76. The van der Waals surface area contributed by atoms with Crippen molar-refractivity contribution < 1.29 is 17.9 Å². The van der Waals surface area contributed by atoms with E-state index in [-0.39, 0.29) is 26.9 Å². The molecule has 0 saturated heterocycles. The van der Waals surface area contributed by atoms with Gasteiger partial charge in [-0.2, -0.15) is 0 Å². The molecule has 1 heterocycles. The summed E-state index contributed by atoms with van der Waals surface area (Å²) < 4.78 is 31.4. The maximum atomic E-state index is 12.5. The molecule has 0 spiro atoms. The van der Waals surface area contributed by atoms with E-state index in [9.17, 15) is 18.0 Å². The number of esters is 1. The quantitative estimate of drug-likeness (QED) is 0.610. The normalized spacial score (nSPS) is 12.7. The second-order valence-electron chi connectivity index (χ2n) is 5.87. The van der Waals surface area contributed by atoms with E-state index in [2.05, 4.69) is 14.7 Å². The van der Waals surface area contributed by atoms with Crippen LogP contribution in [0.1, 0.15) is 29.2 Å². The average Bonchev–Trinajstić information content (AvgIpc) is 2.68. The molecular weight excluding hydrogens is 406 g/mol. The zero-order valence-electron chi connectivity index (χ0n) is 14.9. The number of para-hydroxylation sites is 1. The van der Waals surface area contributed by atoms with Crippen LogP contribution in [0.2, 0.25) is 5.02 Å². The highest BCUT2D eigenvalue weighted by atomic mass is 35.5. The van der Waals surface area contributed by atoms with Crippen molar-refractivity contribution >= 4 is 38.5 Å². The van der Waals surface area contributed by atoms with Crippen molar-refractivity contribution in [2.75, 3.05) is 7.05 Å². The summed E-state index contributed by atoms with van der Waals surface area (Å²) in [5, 5.41) is 0.449. The fourth-order valence-electron chi connectivity index (χ4n) is 2.52. The first-order valence-electron chi connectivity index (χ1n) is 8.16. The largest absolute Gasteiger partial charge is 0.451 e. The Bertz CT molecular complexity index is 1220. The van der Waals surface area contributed by atoms with Gasteiger partial charge in [0.2, 0.25) is 10.0 Å². The van der Waals surface area contributed by atoms with Gasteiger partial charge >= 0.3 is 5.97 Å². The Labute approximate surface area is 165 Å². The molecule has 0 saturated carbocycles. The average molecular weight is 422 g/mol. The van der Waals surface area contributed by atoms with Gasteiger partial charge in [0.1, 0.15) is 0 Å². The fraction of sp³-hybridized carbons (Fsp3) is 0.167. The van der Waals surface area contributed by atoms with Crippen LogP contribution in [0, 0.1) is 0 Å². The molecule has 3 rings (SSSR count). The van der Waals surface area contributed by atoms with E-state index in [1.807, 2.05) is 0 Å². The third-order valence-corrected chi connectivity index (χ3v) is 5.78. The third-order valence-electron chi connectivity index (χ3n) is 4.04. The number of nitrogens with zero attached hydrogens (tertiary/aromatic N) is 1. The van der Waals surface area contributed by atoms with Gasteiger partial charge in [-0.05, 0) is 44.3 Å². The molecule has 8 nitrogen and oxygen atoms in total. The lowest BCUT2D eigenvalue weighted by molar-refractivity contribution is 0.0320. The topological polar surface area (TPSA) is 118 Å². The van der Waals surface area contributed by atoms with E-state index in [1.54, 1.807) is 24.3 Å². The predicted octanol–water partition coefficient (Wildman–Crippen LogP) is 2.40. The number of fused-ring (bicyclic) bond motifs is 1. The van der Waals surface area contributed by atoms with E-state index in [1.165, 1.54) is 26.1 Å². The minimum absolute atomic E-state index is 0.0345. The van der Waals surface area contributed by atoms with Gasteiger partial charge in [0.15, 0.2) is 11.9 Å². The number of benzene rings is 2. The first-order chi connectivity index (χ1) is 13.2. The number of aromatic nitrogens is 2. The van der Waals surface area contributed by atoms with E-state index >= 15 is 0 Å². The molecule has 1 aromatic heterocycles. The Balaban J connectivity index is 1.91. The number of rotatable bonds is 5. The van der Waals surface area contributed by atoms with Gasteiger partial charge in [0.25, 0.3) is 5.56 Å². The van der Waals surface area contributed by atoms with Crippen molar-refractivity contribution in [1.29, 1.82) is 0 Å². The molecule has 10 heteroatoms. The highest BCUT2D eigenvalue weighted by Gasteiger charge is 2.21. The maximum Gasteiger partial charge on any atom is 0.340 e. The molecule has 0 amide bonds. The molecule has 1 atom stereocenters. The number of aromatic amines is 1. The fourth-order valence-corrected chi connectivity index (χ4v) is 3.47. The molecule has 0 aliphatic rings. The summed E-state index contributed by atoms with van der Waals surface area (Å²) in [6, 6.07) is 10.5. The molecule has 3 aromatic rings. The first kappa shape index (κ1) is 20.0. The second kappa shape index (κ2) is 7.70. The van der Waals surface area contributed by atoms with Gasteiger partial charge in [-0.1, -0.05) is 23.7 Å². The van der Waals surface area contributed by atoms with Crippen LogP contribution >= 0.6 is 11.6 Å². The molecule has 0 aliphatic carbocycles. The van der Waals surface area contributed by atoms with Gasteiger partial charge in [-0.3, -0.25) is 4.79 Å². The van der Waals surface area contributed by atoms with Crippen LogP contribution in [-0.4, -0.2) is 31.4 Å². The smallest absolute Gasteiger partial charge is 0.340 e. The molecule has 1 unspecified atom stereocenters. The highest BCUT2D eigenvalue weighted by Crippen LogP contribution is 2.24. The molecule has 0 aliphatic heterocycles. The Morgan fingerprint density at radius 3 is 2.68 bits per heavy atom. The van der Waals surface area contributed by atoms with Crippen LogP contribution in [0.25, 0.3) is 10.9 Å². The number of H-pyrrole nitrogens is 1. The Morgan fingerprint density at radius 2 is 1.96 bits per heavy atom. The molecule has 146 valence electrons. The molecule has 0 radical (unpaired) electrons. The van der Waals surface area contributed by atoms with Crippen molar-refractivity contribution in [2.24, 2.45) is 0 Å². The van der Waals surface area contributed by atoms with Gasteiger partial charge in [0.05, 0.1) is 26.4 Å². The SMILES string of the molecule is CNS(=O)(=O)c1ccc(Cl)c(C(=O)OC(C)c2nc3ccccc3c(=O)[nH]2)c1. The molecule has 2 aromatic carbocycles. The van der Waals surface area contributed by atoms with E-state index in [0.29, 0.717) is 10.9 Å². The van der Waals surface area contributed by atoms with Gasteiger partial charge in [0, 0.05) is 0 Å². The van der Waals surface area contributed by atoms with Crippen LogP contribution in [0.5, 0.6) is 0 Å². The molecule has 0 fully saturated rings. The number of hydrogen-bond donors (Lipinski definition) is 2. The van der Waals surface area contributed by atoms with Crippen LogP contribution in [0.3, 0.4) is 0 Å². The number of nitrogens with one attached hydrogen (secondary N) is 2. The Kier molecular flexibility index (Phi) is 5.50. The van der Waals surface area contributed by atoms with E-state index in [4.69, 9.17) is 16.3 Å². The van der Waals surface area contributed by atoms with Crippen molar-refractivity contribution in [3.8, 4) is 0 Å². The monoisotopic (exact) mass is 421 g/mol. The standard InChI is InChI=1S/C18H16ClN3O5S/c1-10(16-21-15-6-4-3-5-12(15)17(23)22-16)27-18(24)13-9-11(7-8-14(13)19)28(25,26)20-2/h3-10,20H,1-2H3,(H,21,22,23). The van der Waals surface area contributed by atoms with Gasteiger partial charge < -0.3 is 9.72 Å². The molecule has 0 bridgehead atoms. The van der Waals surface area contributed by atoms with Gasteiger partial charge in [-0.25, -0.2) is 22.9 Å².